The first-order chi connectivity index (χ1) is 11.0. The van der Waals surface area contributed by atoms with Crippen molar-refractivity contribution in [1.82, 2.24) is 0 Å². The van der Waals surface area contributed by atoms with Gasteiger partial charge in [0, 0.05) is 5.56 Å². The molecule has 6 heteroatoms. The molecule has 2 aromatic rings. The molecule has 23 heavy (non-hydrogen) atoms. The van der Waals surface area contributed by atoms with Gasteiger partial charge < -0.3 is 10.1 Å². The van der Waals surface area contributed by atoms with Crippen LogP contribution in [0, 0.1) is 5.82 Å². The standard InChI is InChI=1S/C17H16Cl2FNO2/c1-2-3-8-23-16-12(18)9-11(10-13(16)19)17(22)21-15-7-5-4-6-14(15)20/h4-7,9-10H,2-3,8H2,1H3,(H,21,22). The fourth-order valence-corrected chi connectivity index (χ4v) is 2.50. The van der Waals surface area contributed by atoms with Crippen LogP contribution in [-0.2, 0) is 0 Å². The minimum atomic E-state index is -0.516. The quantitative estimate of drug-likeness (QED) is 0.688. The van der Waals surface area contributed by atoms with E-state index >= 15 is 0 Å². The lowest BCUT2D eigenvalue weighted by molar-refractivity contribution is 0.102. The highest BCUT2D eigenvalue weighted by atomic mass is 35.5. The number of hydrogen-bond donors (Lipinski definition) is 1. The molecular weight excluding hydrogens is 340 g/mol. The predicted octanol–water partition coefficient (Wildman–Crippen LogP) is 5.56. The second-order valence-corrected chi connectivity index (χ2v) is 5.72. The van der Waals surface area contributed by atoms with Gasteiger partial charge in [-0.1, -0.05) is 48.7 Å². The first-order valence-corrected chi connectivity index (χ1v) is 7.96. The number of nitrogens with one attached hydrogen (secondary N) is 1. The van der Waals surface area contributed by atoms with Gasteiger partial charge in [0.1, 0.15) is 5.82 Å². The molecule has 0 fully saturated rings. The van der Waals surface area contributed by atoms with Crippen molar-refractivity contribution in [3.8, 4) is 5.75 Å². The number of hydrogen-bond acceptors (Lipinski definition) is 2. The molecule has 2 rings (SSSR count). The minimum absolute atomic E-state index is 0.0908. The number of carbonyl (C=O) groups is 1. The van der Waals surface area contributed by atoms with Crippen LogP contribution in [0.1, 0.15) is 30.1 Å². The fraction of sp³-hybridized carbons (Fsp3) is 0.235. The molecule has 0 bridgehead atoms. The lowest BCUT2D eigenvalue weighted by atomic mass is 10.2. The maximum Gasteiger partial charge on any atom is 0.255 e. The summed E-state index contributed by atoms with van der Waals surface area (Å²) in [5.41, 5.74) is 0.319. The molecule has 122 valence electrons. The third-order valence-corrected chi connectivity index (χ3v) is 3.69. The molecule has 2 aromatic carbocycles. The number of halogens is 3. The van der Waals surface area contributed by atoms with Crippen molar-refractivity contribution in [1.29, 1.82) is 0 Å². The van der Waals surface area contributed by atoms with Crippen LogP contribution >= 0.6 is 23.2 Å². The van der Waals surface area contributed by atoms with Crippen molar-refractivity contribution in [2.24, 2.45) is 0 Å². The van der Waals surface area contributed by atoms with Crippen LogP contribution in [0.15, 0.2) is 36.4 Å². The Morgan fingerprint density at radius 2 is 1.87 bits per heavy atom. The molecule has 1 amide bonds. The lowest BCUT2D eigenvalue weighted by Crippen LogP contribution is -2.13. The summed E-state index contributed by atoms with van der Waals surface area (Å²) in [7, 11) is 0. The molecule has 3 nitrogen and oxygen atoms in total. The van der Waals surface area contributed by atoms with Gasteiger partial charge in [-0.3, -0.25) is 4.79 Å². The highest BCUT2D eigenvalue weighted by Gasteiger charge is 2.15. The van der Waals surface area contributed by atoms with Gasteiger partial charge in [-0.2, -0.15) is 0 Å². The topological polar surface area (TPSA) is 38.3 Å². The van der Waals surface area contributed by atoms with Gasteiger partial charge in [-0.15, -0.1) is 0 Å². The van der Waals surface area contributed by atoms with E-state index in [0.717, 1.165) is 12.8 Å². The fourth-order valence-electron chi connectivity index (χ4n) is 1.90. The van der Waals surface area contributed by atoms with E-state index in [9.17, 15) is 9.18 Å². The van der Waals surface area contributed by atoms with Crippen molar-refractivity contribution in [2.45, 2.75) is 19.8 Å². The molecule has 0 saturated heterocycles. The van der Waals surface area contributed by atoms with E-state index in [1.54, 1.807) is 12.1 Å². The summed E-state index contributed by atoms with van der Waals surface area (Å²) in [6, 6.07) is 8.80. The van der Waals surface area contributed by atoms with Crippen LogP contribution in [0.2, 0.25) is 10.0 Å². The summed E-state index contributed by atoms with van der Waals surface area (Å²) < 4.78 is 19.1. The van der Waals surface area contributed by atoms with Crippen molar-refractivity contribution in [3.05, 3.63) is 57.8 Å². The van der Waals surface area contributed by atoms with E-state index in [0.29, 0.717) is 12.4 Å². The summed E-state index contributed by atoms with van der Waals surface area (Å²) in [5.74, 6) is -0.666. The summed E-state index contributed by atoms with van der Waals surface area (Å²) >= 11 is 12.3. The van der Waals surface area contributed by atoms with Gasteiger partial charge in [0.05, 0.1) is 22.3 Å². The van der Waals surface area contributed by atoms with E-state index in [2.05, 4.69) is 5.32 Å². The maximum absolute atomic E-state index is 13.6. The highest BCUT2D eigenvalue weighted by Crippen LogP contribution is 2.34. The third kappa shape index (κ3) is 4.60. The molecule has 0 aliphatic heterocycles. The van der Waals surface area contributed by atoms with Crippen LogP contribution in [0.3, 0.4) is 0 Å². The van der Waals surface area contributed by atoms with Gasteiger partial charge in [-0.25, -0.2) is 4.39 Å². The molecular formula is C17H16Cl2FNO2. The van der Waals surface area contributed by atoms with E-state index in [1.807, 2.05) is 6.92 Å². The van der Waals surface area contributed by atoms with E-state index in [-0.39, 0.29) is 21.3 Å². The van der Waals surface area contributed by atoms with Crippen molar-refractivity contribution in [2.75, 3.05) is 11.9 Å². The highest BCUT2D eigenvalue weighted by molar-refractivity contribution is 6.37. The second kappa shape index (κ2) is 8.18. The van der Waals surface area contributed by atoms with Crippen LogP contribution in [-0.4, -0.2) is 12.5 Å². The van der Waals surface area contributed by atoms with Gasteiger partial charge in [0.25, 0.3) is 5.91 Å². The first kappa shape index (κ1) is 17.6. The summed E-state index contributed by atoms with van der Waals surface area (Å²) in [6.07, 6.45) is 1.86. The Hall–Kier alpha value is -1.78. The van der Waals surface area contributed by atoms with Gasteiger partial charge >= 0.3 is 0 Å². The Morgan fingerprint density at radius 3 is 2.48 bits per heavy atom. The van der Waals surface area contributed by atoms with Crippen molar-refractivity contribution < 1.29 is 13.9 Å². The maximum atomic E-state index is 13.6. The number of rotatable bonds is 6. The molecule has 0 aliphatic rings. The van der Waals surface area contributed by atoms with Gasteiger partial charge in [0.15, 0.2) is 5.75 Å². The number of amides is 1. The summed E-state index contributed by atoms with van der Waals surface area (Å²) in [4.78, 5) is 12.2. The number of benzene rings is 2. The number of para-hydroxylation sites is 1. The molecule has 0 spiro atoms. The van der Waals surface area contributed by atoms with E-state index < -0.39 is 11.7 Å². The lowest BCUT2D eigenvalue weighted by Gasteiger charge is -2.12. The van der Waals surface area contributed by atoms with Crippen LogP contribution < -0.4 is 10.1 Å². The normalized spacial score (nSPS) is 10.4. The monoisotopic (exact) mass is 355 g/mol. The van der Waals surface area contributed by atoms with Gasteiger partial charge in [-0.05, 0) is 30.7 Å². The number of anilines is 1. The molecule has 0 atom stereocenters. The van der Waals surface area contributed by atoms with Gasteiger partial charge in [0.2, 0.25) is 0 Å². The average Bonchev–Trinajstić information content (AvgIpc) is 2.52. The molecule has 0 radical (unpaired) electrons. The molecule has 0 aromatic heterocycles. The van der Waals surface area contributed by atoms with Crippen LogP contribution in [0.4, 0.5) is 10.1 Å². The SMILES string of the molecule is CCCCOc1c(Cl)cc(C(=O)Nc2ccccc2F)cc1Cl. The molecule has 0 aliphatic carbocycles. The third-order valence-electron chi connectivity index (χ3n) is 3.13. The second-order valence-electron chi connectivity index (χ2n) is 4.91. The summed E-state index contributed by atoms with van der Waals surface area (Å²) in [6.45, 7) is 2.54. The Bertz CT molecular complexity index is 684. The largest absolute Gasteiger partial charge is 0.490 e. The summed E-state index contributed by atoms with van der Waals surface area (Å²) in [5, 5.41) is 2.97. The Kier molecular flexibility index (Phi) is 6.25. The average molecular weight is 356 g/mol. The van der Waals surface area contributed by atoms with E-state index in [1.165, 1.54) is 24.3 Å². The Labute approximate surface area is 144 Å². The number of unbranched alkanes of at least 4 members (excludes halogenated alkanes) is 1. The molecule has 0 saturated carbocycles. The molecule has 0 heterocycles. The van der Waals surface area contributed by atoms with E-state index in [4.69, 9.17) is 27.9 Å². The van der Waals surface area contributed by atoms with Crippen molar-refractivity contribution >= 4 is 34.8 Å². The number of carbonyl (C=O) groups excluding carboxylic acids is 1. The Balaban J connectivity index is 2.17. The van der Waals surface area contributed by atoms with Crippen LogP contribution in [0.25, 0.3) is 0 Å². The smallest absolute Gasteiger partial charge is 0.255 e. The zero-order chi connectivity index (χ0) is 16.8. The first-order valence-electron chi connectivity index (χ1n) is 7.20. The minimum Gasteiger partial charge on any atom is -0.490 e. The van der Waals surface area contributed by atoms with Crippen molar-refractivity contribution in [3.63, 3.8) is 0 Å². The molecule has 1 N–H and O–H groups in total. The zero-order valence-electron chi connectivity index (χ0n) is 12.5. The molecule has 0 unspecified atom stereocenters. The predicted molar refractivity (Wildman–Crippen MR) is 91.2 cm³/mol. The zero-order valence-corrected chi connectivity index (χ0v) is 14.0. The van der Waals surface area contributed by atoms with Crippen LogP contribution in [0.5, 0.6) is 5.75 Å². The Morgan fingerprint density at radius 1 is 1.22 bits per heavy atom. The number of ether oxygens (including phenoxy) is 1.